The Morgan fingerprint density at radius 2 is 1.55 bits per heavy atom. The molecule has 1 aliphatic rings. The number of carbonyl (C=O) groups excluding carboxylic acids is 1. The van der Waals surface area contributed by atoms with E-state index in [1.54, 1.807) is 6.07 Å². The van der Waals surface area contributed by atoms with Crippen LogP contribution >= 0.6 is 0 Å². The number of sulfonamides is 1. The maximum absolute atomic E-state index is 13.4. The molecule has 1 fully saturated rings. The average molecular weight is 546 g/mol. The molecule has 1 saturated heterocycles. The number of hydrogen-bond acceptors (Lipinski definition) is 4. The lowest BCUT2D eigenvalue weighted by molar-refractivity contribution is -0.137. The summed E-state index contributed by atoms with van der Waals surface area (Å²) >= 11 is 0. The number of amides is 1. The number of nitrogens with zero attached hydrogens (tertiary/aromatic N) is 2. The molecule has 3 aromatic rings. The number of carbonyl (C=O) groups is 1. The Bertz CT molecular complexity index is 1340. The number of rotatable bonds is 9. The third kappa shape index (κ3) is 7.14. The van der Waals surface area contributed by atoms with Crippen molar-refractivity contribution in [2.45, 2.75) is 43.4 Å². The minimum Gasteiger partial charge on any atom is -0.350 e. The minimum atomic E-state index is -4.67. The Kier molecular flexibility index (Phi) is 8.73. The van der Waals surface area contributed by atoms with Crippen molar-refractivity contribution in [3.63, 3.8) is 0 Å². The van der Waals surface area contributed by atoms with Gasteiger partial charge in [-0.25, -0.2) is 8.42 Å². The van der Waals surface area contributed by atoms with E-state index >= 15 is 0 Å². The first-order valence-electron chi connectivity index (χ1n) is 12.4. The van der Waals surface area contributed by atoms with Crippen LogP contribution < -0.4 is 9.62 Å². The van der Waals surface area contributed by atoms with Crippen molar-refractivity contribution in [3.8, 4) is 0 Å². The number of alkyl halides is 3. The van der Waals surface area contributed by atoms with Crippen LogP contribution in [-0.4, -0.2) is 38.9 Å². The Morgan fingerprint density at radius 1 is 0.868 bits per heavy atom. The van der Waals surface area contributed by atoms with Crippen LogP contribution in [0.2, 0.25) is 0 Å². The fraction of sp³-hybridized carbons (Fsp3) is 0.321. The van der Waals surface area contributed by atoms with Crippen molar-refractivity contribution >= 4 is 21.6 Å². The number of anilines is 1. The Hall–Kier alpha value is -3.37. The molecule has 1 amide bonds. The standard InChI is InChI=1S/C28H30F3N3O3S/c29-28(30,31)24-11-8-12-25(18-24)34(38(36,37)26-13-3-1-4-14-26)21-27(35)32-19-22-9-7-10-23(17-22)20-33-15-5-2-6-16-33/h1,3-4,7-14,17-18H,2,5-6,15-16,19-21H2,(H,32,35). The fourth-order valence-electron chi connectivity index (χ4n) is 4.47. The van der Waals surface area contributed by atoms with Crippen molar-refractivity contribution in [3.05, 3.63) is 95.6 Å². The summed E-state index contributed by atoms with van der Waals surface area (Å²) in [7, 11) is -4.32. The van der Waals surface area contributed by atoms with Crippen molar-refractivity contribution in [1.29, 1.82) is 0 Å². The van der Waals surface area contributed by atoms with Crippen LogP contribution in [0.1, 0.15) is 36.0 Å². The van der Waals surface area contributed by atoms with E-state index in [2.05, 4.69) is 10.2 Å². The SMILES string of the molecule is O=C(CN(c1cccc(C(F)(F)F)c1)S(=O)(=O)c1ccccc1)NCc1cccc(CN2CCCCC2)c1. The van der Waals surface area contributed by atoms with Crippen LogP contribution in [0.15, 0.2) is 83.8 Å². The predicted molar refractivity (Wildman–Crippen MR) is 140 cm³/mol. The molecule has 0 aromatic heterocycles. The highest BCUT2D eigenvalue weighted by Crippen LogP contribution is 2.33. The molecule has 0 atom stereocenters. The summed E-state index contributed by atoms with van der Waals surface area (Å²) in [6, 6.07) is 19.1. The molecule has 3 aromatic carbocycles. The normalized spacial score (nSPS) is 14.7. The number of benzene rings is 3. The lowest BCUT2D eigenvalue weighted by atomic mass is 10.1. The molecular weight excluding hydrogens is 515 g/mol. The van der Waals surface area contributed by atoms with Crippen molar-refractivity contribution in [2.75, 3.05) is 23.9 Å². The van der Waals surface area contributed by atoms with Gasteiger partial charge in [-0.05, 0) is 67.4 Å². The van der Waals surface area contributed by atoms with E-state index in [0.29, 0.717) is 4.31 Å². The van der Waals surface area contributed by atoms with E-state index in [0.717, 1.165) is 49.0 Å². The van der Waals surface area contributed by atoms with Crippen molar-refractivity contribution < 1.29 is 26.4 Å². The summed E-state index contributed by atoms with van der Waals surface area (Å²) in [5.74, 6) is -0.636. The molecule has 0 aliphatic carbocycles. The number of hydrogen-bond donors (Lipinski definition) is 1. The van der Waals surface area contributed by atoms with E-state index in [9.17, 15) is 26.4 Å². The molecule has 1 heterocycles. The van der Waals surface area contributed by atoms with E-state index < -0.39 is 34.2 Å². The molecule has 4 rings (SSSR count). The van der Waals surface area contributed by atoms with Gasteiger partial charge in [0, 0.05) is 13.1 Å². The van der Waals surface area contributed by atoms with Gasteiger partial charge in [-0.2, -0.15) is 13.2 Å². The lowest BCUT2D eigenvalue weighted by Crippen LogP contribution is -2.40. The summed E-state index contributed by atoms with van der Waals surface area (Å²) in [4.78, 5) is 15.2. The largest absolute Gasteiger partial charge is 0.416 e. The number of halogens is 3. The van der Waals surface area contributed by atoms with Gasteiger partial charge in [0.15, 0.2) is 0 Å². The molecular formula is C28H30F3N3O3S. The van der Waals surface area contributed by atoms with Crippen LogP contribution in [0.5, 0.6) is 0 Å². The third-order valence-corrected chi connectivity index (χ3v) is 8.20. The molecule has 38 heavy (non-hydrogen) atoms. The average Bonchev–Trinajstić information content (AvgIpc) is 2.91. The van der Waals surface area contributed by atoms with Gasteiger partial charge in [-0.1, -0.05) is 55.0 Å². The summed E-state index contributed by atoms with van der Waals surface area (Å²) in [6.45, 7) is 2.42. The quantitative estimate of drug-likeness (QED) is 0.401. The Labute approximate surface area is 221 Å². The van der Waals surface area contributed by atoms with Gasteiger partial charge in [0.1, 0.15) is 6.54 Å². The zero-order chi connectivity index (χ0) is 27.2. The first-order chi connectivity index (χ1) is 18.1. The molecule has 0 saturated carbocycles. The highest BCUT2D eigenvalue weighted by molar-refractivity contribution is 7.92. The molecule has 0 radical (unpaired) electrons. The first-order valence-corrected chi connectivity index (χ1v) is 13.9. The van der Waals surface area contributed by atoms with Crippen LogP contribution in [0.25, 0.3) is 0 Å². The number of likely N-dealkylation sites (tertiary alicyclic amines) is 1. The summed E-state index contributed by atoms with van der Waals surface area (Å²) in [6.07, 6.45) is -1.05. The molecule has 6 nitrogen and oxygen atoms in total. The van der Waals surface area contributed by atoms with Gasteiger partial charge in [-0.3, -0.25) is 14.0 Å². The van der Waals surface area contributed by atoms with E-state index in [4.69, 9.17) is 0 Å². The number of piperidine rings is 1. The van der Waals surface area contributed by atoms with Gasteiger partial charge in [0.05, 0.1) is 16.1 Å². The third-order valence-electron chi connectivity index (χ3n) is 6.42. The second-order valence-corrected chi connectivity index (χ2v) is 11.2. The van der Waals surface area contributed by atoms with Gasteiger partial charge in [0.25, 0.3) is 10.0 Å². The molecule has 10 heteroatoms. The summed E-state index contributed by atoms with van der Waals surface area (Å²) in [5.41, 5.74) is 0.719. The molecule has 0 spiro atoms. The van der Waals surface area contributed by atoms with Gasteiger partial charge in [-0.15, -0.1) is 0 Å². The van der Waals surface area contributed by atoms with Gasteiger partial charge in [0.2, 0.25) is 5.91 Å². The van der Waals surface area contributed by atoms with E-state index in [1.807, 2.05) is 24.3 Å². The zero-order valence-electron chi connectivity index (χ0n) is 20.8. The molecule has 0 bridgehead atoms. The zero-order valence-corrected chi connectivity index (χ0v) is 21.6. The predicted octanol–water partition coefficient (Wildman–Crippen LogP) is 5.20. The van der Waals surface area contributed by atoms with Crippen LogP contribution in [0.4, 0.5) is 18.9 Å². The maximum Gasteiger partial charge on any atom is 0.416 e. The van der Waals surface area contributed by atoms with Crippen molar-refractivity contribution in [1.82, 2.24) is 10.2 Å². The highest BCUT2D eigenvalue weighted by atomic mass is 32.2. The Morgan fingerprint density at radius 3 is 2.26 bits per heavy atom. The molecule has 0 unspecified atom stereocenters. The monoisotopic (exact) mass is 545 g/mol. The van der Waals surface area contributed by atoms with Crippen LogP contribution in [0, 0.1) is 0 Å². The lowest BCUT2D eigenvalue weighted by Gasteiger charge is -2.26. The molecule has 202 valence electrons. The summed E-state index contributed by atoms with van der Waals surface area (Å²) in [5, 5.41) is 2.72. The minimum absolute atomic E-state index is 0.129. The smallest absolute Gasteiger partial charge is 0.350 e. The first kappa shape index (κ1) is 27.7. The molecule has 1 aliphatic heterocycles. The topological polar surface area (TPSA) is 69.7 Å². The summed E-state index contributed by atoms with van der Waals surface area (Å²) < 4.78 is 67.6. The van der Waals surface area contributed by atoms with E-state index in [-0.39, 0.29) is 17.1 Å². The fourth-order valence-corrected chi connectivity index (χ4v) is 5.91. The second kappa shape index (κ2) is 12.0. The number of nitrogens with one attached hydrogen (secondary N) is 1. The molecule has 1 N–H and O–H groups in total. The highest BCUT2D eigenvalue weighted by Gasteiger charge is 2.33. The van der Waals surface area contributed by atoms with E-state index in [1.165, 1.54) is 49.6 Å². The van der Waals surface area contributed by atoms with Gasteiger partial charge >= 0.3 is 6.18 Å². The van der Waals surface area contributed by atoms with Crippen molar-refractivity contribution in [2.24, 2.45) is 0 Å². The van der Waals surface area contributed by atoms with Crippen LogP contribution in [-0.2, 0) is 34.1 Å². The second-order valence-electron chi connectivity index (χ2n) is 9.31. The van der Waals surface area contributed by atoms with Crippen LogP contribution in [0.3, 0.4) is 0 Å². The maximum atomic E-state index is 13.4. The van der Waals surface area contributed by atoms with Gasteiger partial charge < -0.3 is 5.32 Å². The Balaban J connectivity index is 1.51.